The average molecular weight is 196 g/mol. The van der Waals surface area contributed by atoms with Crippen LogP contribution in [0.1, 0.15) is 12.1 Å². The molecule has 0 saturated carbocycles. The topological polar surface area (TPSA) is 87.0 Å². The maximum Gasteiger partial charge on any atom is 0.384 e. The van der Waals surface area contributed by atoms with Crippen molar-refractivity contribution in [3.8, 4) is 0 Å². The van der Waals surface area contributed by atoms with E-state index in [2.05, 4.69) is 4.98 Å². The Morgan fingerprint density at radius 2 is 2.57 bits per heavy atom. The van der Waals surface area contributed by atoms with Gasteiger partial charge < -0.3 is 20.4 Å². The standard InChI is InChI=1S/C8H12N4O2/c9-4-6-1-2-11-5-10-8(12(13)14)7(11)3-6/h5-6H,1-4,9H2. The number of rotatable bonds is 2. The van der Waals surface area contributed by atoms with E-state index in [9.17, 15) is 10.1 Å². The molecule has 0 bridgehead atoms. The van der Waals surface area contributed by atoms with Gasteiger partial charge >= 0.3 is 5.82 Å². The SMILES string of the molecule is NCC1CCn2cnc([N+](=O)[O-])c2C1. The Labute approximate surface area is 80.9 Å². The summed E-state index contributed by atoms with van der Waals surface area (Å²) in [5.41, 5.74) is 6.27. The Hall–Kier alpha value is -1.43. The van der Waals surface area contributed by atoms with Gasteiger partial charge in [0, 0.05) is 13.0 Å². The zero-order valence-corrected chi connectivity index (χ0v) is 7.72. The highest BCUT2D eigenvalue weighted by Gasteiger charge is 2.27. The minimum atomic E-state index is -0.426. The molecule has 2 rings (SSSR count). The minimum Gasteiger partial charge on any atom is -0.358 e. The molecule has 2 heterocycles. The fourth-order valence-electron chi connectivity index (χ4n) is 1.85. The van der Waals surface area contributed by atoms with E-state index in [-0.39, 0.29) is 5.82 Å². The van der Waals surface area contributed by atoms with Crippen molar-refractivity contribution >= 4 is 5.82 Å². The van der Waals surface area contributed by atoms with E-state index < -0.39 is 4.92 Å². The van der Waals surface area contributed by atoms with Crippen molar-refractivity contribution < 1.29 is 4.92 Å². The summed E-state index contributed by atoms with van der Waals surface area (Å²) < 4.78 is 1.85. The third kappa shape index (κ3) is 1.37. The Morgan fingerprint density at radius 3 is 3.21 bits per heavy atom. The molecule has 6 nitrogen and oxygen atoms in total. The smallest absolute Gasteiger partial charge is 0.358 e. The molecule has 0 saturated heterocycles. The number of hydrogen-bond acceptors (Lipinski definition) is 4. The lowest BCUT2D eigenvalue weighted by atomic mass is 9.96. The summed E-state index contributed by atoms with van der Waals surface area (Å²) in [5.74, 6) is 0.348. The van der Waals surface area contributed by atoms with Crippen molar-refractivity contribution in [1.29, 1.82) is 0 Å². The summed E-state index contributed by atoms with van der Waals surface area (Å²) in [4.78, 5) is 14.0. The van der Waals surface area contributed by atoms with Gasteiger partial charge in [-0.3, -0.25) is 0 Å². The van der Waals surface area contributed by atoms with Crippen LogP contribution in [0.25, 0.3) is 0 Å². The highest BCUT2D eigenvalue weighted by molar-refractivity contribution is 5.28. The first kappa shape index (κ1) is 9.14. The van der Waals surface area contributed by atoms with Crippen LogP contribution in [0.5, 0.6) is 0 Å². The summed E-state index contributed by atoms with van der Waals surface area (Å²) in [7, 11) is 0. The van der Waals surface area contributed by atoms with Crippen molar-refractivity contribution in [2.75, 3.05) is 6.54 Å². The van der Waals surface area contributed by atoms with Gasteiger partial charge in [-0.25, -0.2) is 0 Å². The molecule has 14 heavy (non-hydrogen) atoms. The van der Waals surface area contributed by atoms with Gasteiger partial charge in [0.25, 0.3) is 0 Å². The third-order valence-corrected chi connectivity index (χ3v) is 2.69. The Balaban J connectivity index is 2.32. The summed E-state index contributed by atoms with van der Waals surface area (Å²) >= 11 is 0. The molecule has 0 radical (unpaired) electrons. The van der Waals surface area contributed by atoms with Gasteiger partial charge in [0.05, 0.1) is 0 Å². The molecule has 6 heteroatoms. The molecule has 0 aromatic carbocycles. The number of nitrogens with two attached hydrogens (primary N) is 1. The normalized spacial score (nSPS) is 20.5. The number of nitrogens with zero attached hydrogens (tertiary/aromatic N) is 3. The van der Waals surface area contributed by atoms with Crippen molar-refractivity contribution in [2.24, 2.45) is 11.7 Å². The molecule has 0 spiro atoms. The molecular weight excluding hydrogens is 184 g/mol. The number of aryl methyl sites for hydroxylation is 1. The predicted molar refractivity (Wildman–Crippen MR) is 49.7 cm³/mol. The lowest BCUT2D eigenvalue weighted by Crippen LogP contribution is -2.25. The molecule has 2 N–H and O–H groups in total. The maximum absolute atomic E-state index is 10.6. The van der Waals surface area contributed by atoms with Crippen molar-refractivity contribution in [3.63, 3.8) is 0 Å². The predicted octanol–water partition coefficient (Wildman–Crippen LogP) is 0.312. The van der Waals surface area contributed by atoms with Crippen LogP contribution in [0.3, 0.4) is 0 Å². The highest BCUT2D eigenvalue weighted by Crippen LogP contribution is 2.26. The lowest BCUT2D eigenvalue weighted by molar-refractivity contribution is -0.390. The number of fused-ring (bicyclic) bond motifs is 1. The number of imidazole rings is 1. The maximum atomic E-state index is 10.6. The van der Waals surface area contributed by atoms with E-state index in [0.29, 0.717) is 18.9 Å². The van der Waals surface area contributed by atoms with Crippen LogP contribution in [0.15, 0.2) is 6.33 Å². The summed E-state index contributed by atoms with van der Waals surface area (Å²) in [6, 6.07) is 0. The van der Waals surface area contributed by atoms with E-state index in [1.807, 2.05) is 4.57 Å². The quantitative estimate of drug-likeness (QED) is 0.544. The Bertz CT molecular complexity index is 360. The first-order valence-corrected chi connectivity index (χ1v) is 4.61. The number of nitro groups is 1. The second-order valence-electron chi connectivity index (χ2n) is 3.56. The average Bonchev–Trinajstić information content (AvgIpc) is 2.59. The summed E-state index contributed by atoms with van der Waals surface area (Å²) in [6.07, 6.45) is 3.20. The first-order valence-electron chi connectivity index (χ1n) is 4.61. The van der Waals surface area contributed by atoms with Gasteiger partial charge in [-0.1, -0.05) is 0 Å². The third-order valence-electron chi connectivity index (χ3n) is 2.69. The number of aromatic nitrogens is 2. The van der Waals surface area contributed by atoms with E-state index in [1.54, 1.807) is 6.33 Å². The monoisotopic (exact) mass is 196 g/mol. The van der Waals surface area contributed by atoms with E-state index in [0.717, 1.165) is 18.7 Å². The van der Waals surface area contributed by atoms with Crippen molar-refractivity contribution in [1.82, 2.24) is 9.55 Å². The van der Waals surface area contributed by atoms with Gasteiger partial charge in [0.2, 0.25) is 6.33 Å². The van der Waals surface area contributed by atoms with E-state index in [1.165, 1.54) is 0 Å². The first-order chi connectivity index (χ1) is 6.72. The Kier molecular flexibility index (Phi) is 2.20. The summed E-state index contributed by atoms with van der Waals surface area (Å²) in [5, 5.41) is 10.6. The molecule has 1 aliphatic heterocycles. The van der Waals surface area contributed by atoms with Gasteiger partial charge in [0.15, 0.2) is 0 Å². The van der Waals surface area contributed by atoms with Crippen LogP contribution >= 0.6 is 0 Å². The fraction of sp³-hybridized carbons (Fsp3) is 0.625. The molecule has 1 aliphatic rings. The van der Waals surface area contributed by atoms with Gasteiger partial charge in [-0.05, 0) is 28.8 Å². The number of hydrogen-bond donors (Lipinski definition) is 1. The minimum absolute atomic E-state index is 0.0110. The molecule has 1 aromatic heterocycles. The lowest BCUT2D eigenvalue weighted by Gasteiger charge is -2.20. The molecule has 0 aliphatic carbocycles. The van der Waals surface area contributed by atoms with E-state index in [4.69, 9.17) is 5.73 Å². The van der Waals surface area contributed by atoms with Crippen LogP contribution < -0.4 is 5.73 Å². The van der Waals surface area contributed by atoms with Crippen LogP contribution in [-0.2, 0) is 13.0 Å². The zero-order chi connectivity index (χ0) is 10.1. The van der Waals surface area contributed by atoms with Crippen molar-refractivity contribution in [3.05, 3.63) is 22.1 Å². The van der Waals surface area contributed by atoms with Gasteiger partial charge in [-0.15, -0.1) is 0 Å². The molecule has 1 unspecified atom stereocenters. The molecule has 76 valence electrons. The van der Waals surface area contributed by atoms with Crippen molar-refractivity contribution in [2.45, 2.75) is 19.4 Å². The molecule has 1 aromatic rings. The van der Waals surface area contributed by atoms with Gasteiger partial charge in [-0.2, -0.15) is 0 Å². The largest absolute Gasteiger partial charge is 0.384 e. The molecule has 0 amide bonds. The Morgan fingerprint density at radius 1 is 1.79 bits per heavy atom. The van der Waals surface area contributed by atoms with E-state index >= 15 is 0 Å². The van der Waals surface area contributed by atoms with Gasteiger partial charge in [0.1, 0.15) is 5.69 Å². The molecular formula is C8H12N4O2. The molecule has 0 fully saturated rings. The summed E-state index contributed by atoms with van der Waals surface area (Å²) in [6.45, 7) is 1.38. The second kappa shape index (κ2) is 3.38. The van der Waals surface area contributed by atoms with Crippen LogP contribution in [-0.4, -0.2) is 21.0 Å². The zero-order valence-electron chi connectivity index (χ0n) is 7.72. The highest BCUT2D eigenvalue weighted by atomic mass is 16.6. The van der Waals surface area contributed by atoms with Crippen LogP contribution in [0.2, 0.25) is 0 Å². The van der Waals surface area contributed by atoms with Crippen LogP contribution in [0.4, 0.5) is 5.82 Å². The van der Waals surface area contributed by atoms with Crippen LogP contribution in [0, 0.1) is 16.0 Å². The second-order valence-corrected chi connectivity index (χ2v) is 3.56. The molecule has 1 atom stereocenters. The fourth-order valence-corrected chi connectivity index (χ4v) is 1.85.